The summed E-state index contributed by atoms with van der Waals surface area (Å²) in [6.45, 7) is 0.893. The molecule has 1 aliphatic rings. The van der Waals surface area contributed by atoms with Crippen LogP contribution in [-0.2, 0) is 6.42 Å². The zero-order valence-corrected chi connectivity index (χ0v) is 11.2. The molecule has 3 aromatic rings. The molecule has 3 heterocycles. The Kier molecular flexibility index (Phi) is 2.93. The van der Waals surface area contributed by atoms with E-state index in [0.29, 0.717) is 17.4 Å². The zero-order valence-electron chi connectivity index (χ0n) is 11.2. The summed E-state index contributed by atoms with van der Waals surface area (Å²) in [7, 11) is 0. The van der Waals surface area contributed by atoms with E-state index >= 15 is 0 Å². The Bertz CT molecular complexity index is 756. The van der Waals surface area contributed by atoms with Crippen LogP contribution in [-0.4, -0.2) is 26.7 Å². The van der Waals surface area contributed by atoms with Crippen LogP contribution in [0, 0.1) is 0 Å². The van der Waals surface area contributed by atoms with Gasteiger partial charge in [0.15, 0.2) is 0 Å². The van der Waals surface area contributed by atoms with Crippen LogP contribution in [0.5, 0.6) is 0 Å². The van der Waals surface area contributed by atoms with Crippen molar-refractivity contribution in [2.45, 2.75) is 12.5 Å². The van der Waals surface area contributed by atoms with Crippen LogP contribution >= 0.6 is 0 Å². The molecule has 0 bridgehead atoms. The highest BCUT2D eigenvalue weighted by Crippen LogP contribution is 2.28. The molecule has 0 amide bonds. The van der Waals surface area contributed by atoms with E-state index in [-0.39, 0.29) is 6.04 Å². The van der Waals surface area contributed by atoms with E-state index in [1.54, 1.807) is 18.6 Å². The van der Waals surface area contributed by atoms with E-state index < -0.39 is 0 Å². The number of aromatic nitrogens is 4. The average Bonchev–Trinajstić information content (AvgIpc) is 3.05. The van der Waals surface area contributed by atoms with Gasteiger partial charge in [-0.2, -0.15) is 4.98 Å². The molecule has 1 N–H and O–H groups in total. The number of nitrogens with zero attached hydrogens (tertiary/aromatic N) is 4. The van der Waals surface area contributed by atoms with Gasteiger partial charge in [0.05, 0.1) is 6.20 Å². The van der Waals surface area contributed by atoms with Gasteiger partial charge in [-0.25, -0.2) is 4.98 Å². The van der Waals surface area contributed by atoms with Crippen molar-refractivity contribution in [2.75, 3.05) is 6.54 Å². The molecule has 0 aliphatic carbocycles. The lowest BCUT2D eigenvalue weighted by molar-refractivity contribution is 0.344. The van der Waals surface area contributed by atoms with Gasteiger partial charge in [-0.1, -0.05) is 29.4 Å². The van der Waals surface area contributed by atoms with E-state index in [1.165, 1.54) is 11.1 Å². The maximum Gasteiger partial charge on any atom is 0.248 e. The number of rotatable bonds is 2. The Morgan fingerprint density at radius 3 is 3.05 bits per heavy atom. The second-order valence-electron chi connectivity index (χ2n) is 4.88. The third-order valence-electron chi connectivity index (χ3n) is 3.59. The Morgan fingerprint density at radius 1 is 1.19 bits per heavy atom. The summed E-state index contributed by atoms with van der Waals surface area (Å²) < 4.78 is 5.42. The van der Waals surface area contributed by atoms with Crippen LogP contribution in [0.15, 0.2) is 47.4 Å². The van der Waals surface area contributed by atoms with Gasteiger partial charge in [0.2, 0.25) is 11.7 Å². The summed E-state index contributed by atoms with van der Waals surface area (Å²) in [6, 6.07) is 8.26. The molecule has 1 atom stereocenters. The molecule has 1 aromatic carbocycles. The highest BCUT2D eigenvalue weighted by molar-refractivity contribution is 5.46. The molecule has 0 saturated heterocycles. The summed E-state index contributed by atoms with van der Waals surface area (Å²) in [6.07, 6.45) is 5.86. The lowest BCUT2D eigenvalue weighted by Gasteiger charge is -2.23. The first-order chi connectivity index (χ1) is 10.4. The van der Waals surface area contributed by atoms with Crippen molar-refractivity contribution >= 4 is 0 Å². The second kappa shape index (κ2) is 5.06. The van der Waals surface area contributed by atoms with Crippen molar-refractivity contribution in [3.63, 3.8) is 0 Å². The molecule has 0 spiro atoms. The lowest BCUT2D eigenvalue weighted by atomic mass is 9.94. The first-order valence-electron chi connectivity index (χ1n) is 6.83. The normalized spacial score (nSPS) is 17.4. The SMILES string of the molecule is c1ccc2c(c1)CCNC2c1nc(-c2cnccn2)no1. The molecule has 6 heteroatoms. The second-order valence-corrected chi connectivity index (χ2v) is 4.88. The Morgan fingerprint density at radius 2 is 2.14 bits per heavy atom. The Balaban J connectivity index is 1.71. The van der Waals surface area contributed by atoms with Gasteiger partial charge in [-0.15, -0.1) is 0 Å². The Labute approximate surface area is 121 Å². The van der Waals surface area contributed by atoms with Gasteiger partial charge >= 0.3 is 0 Å². The molecule has 6 nitrogen and oxygen atoms in total. The number of hydrogen-bond donors (Lipinski definition) is 1. The van der Waals surface area contributed by atoms with Gasteiger partial charge in [0.1, 0.15) is 11.7 Å². The molecule has 0 radical (unpaired) electrons. The van der Waals surface area contributed by atoms with Crippen molar-refractivity contribution in [2.24, 2.45) is 0 Å². The fourth-order valence-corrected chi connectivity index (χ4v) is 2.60. The van der Waals surface area contributed by atoms with Gasteiger partial charge in [-0.3, -0.25) is 4.98 Å². The minimum atomic E-state index is -0.0622. The van der Waals surface area contributed by atoms with Crippen molar-refractivity contribution in [1.29, 1.82) is 0 Å². The molecule has 2 aromatic heterocycles. The smallest absolute Gasteiger partial charge is 0.248 e. The van der Waals surface area contributed by atoms with Crippen molar-refractivity contribution in [3.05, 3.63) is 59.9 Å². The fraction of sp³-hybridized carbons (Fsp3) is 0.200. The highest BCUT2D eigenvalue weighted by Gasteiger charge is 2.26. The van der Waals surface area contributed by atoms with Crippen LogP contribution in [0.1, 0.15) is 23.1 Å². The molecule has 0 saturated carbocycles. The molecule has 4 rings (SSSR count). The predicted molar refractivity (Wildman–Crippen MR) is 75.3 cm³/mol. The molecule has 104 valence electrons. The lowest BCUT2D eigenvalue weighted by Crippen LogP contribution is -2.30. The minimum Gasteiger partial charge on any atom is -0.337 e. The summed E-state index contributed by atoms with van der Waals surface area (Å²) in [5, 5.41) is 7.43. The molecule has 1 aliphatic heterocycles. The van der Waals surface area contributed by atoms with Crippen molar-refractivity contribution in [3.8, 4) is 11.5 Å². The zero-order chi connectivity index (χ0) is 14.1. The van der Waals surface area contributed by atoms with E-state index in [0.717, 1.165) is 13.0 Å². The van der Waals surface area contributed by atoms with E-state index in [4.69, 9.17) is 4.52 Å². The van der Waals surface area contributed by atoms with Gasteiger partial charge in [-0.05, 0) is 17.5 Å². The van der Waals surface area contributed by atoms with E-state index in [1.807, 2.05) is 6.07 Å². The fourth-order valence-electron chi connectivity index (χ4n) is 2.60. The average molecular weight is 279 g/mol. The molecule has 1 unspecified atom stereocenters. The third kappa shape index (κ3) is 2.19. The van der Waals surface area contributed by atoms with Crippen LogP contribution < -0.4 is 5.32 Å². The molecule has 0 fully saturated rings. The number of nitrogens with one attached hydrogen (secondary N) is 1. The monoisotopic (exact) mass is 279 g/mol. The van der Waals surface area contributed by atoms with E-state index in [2.05, 4.69) is 43.6 Å². The molecular weight excluding hydrogens is 266 g/mol. The van der Waals surface area contributed by atoms with Crippen molar-refractivity contribution in [1.82, 2.24) is 25.4 Å². The Hall–Kier alpha value is -2.60. The van der Waals surface area contributed by atoms with Crippen LogP contribution in [0.2, 0.25) is 0 Å². The quantitative estimate of drug-likeness (QED) is 0.770. The summed E-state index contributed by atoms with van der Waals surface area (Å²) in [5.74, 6) is 1.02. The van der Waals surface area contributed by atoms with Crippen molar-refractivity contribution < 1.29 is 4.52 Å². The topological polar surface area (TPSA) is 76.7 Å². The number of hydrogen-bond acceptors (Lipinski definition) is 6. The van der Waals surface area contributed by atoms with Crippen LogP contribution in [0.3, 0.4) is 0 Å². The minimum absolute atomic E-state index is 0.0622. The highest BCUT2D eigenvalue weighted by atomic mass is 16.5. The van der Waals surface area contributed by atoms with Crippen LogP contribution in [0.25, 0.3) is 11.5 Å². The first kappa shape index (κ1) is 12.2. The molecular formula is C15H13N5O. The van der Waals surface area contributed by atoms with E-state index in [9.17, 15) is 0 Å². The predicted octanol–water partition coefficient (Wildman–Crippen LogP) is 1.76. The summed E-state index contributed by atoms with van der Waals surface area (Å²) in [5.41, 5.74) is 3.12. The van der Waals surface area contributed by atoms with Gasteiger partial charge in [0, 0.05) is 18.9 Å². The summed E-state index contributed by atoms with van der Waals surface area (Å²) >= 11 is 0. The van der Waals surface area contributed by atoms with Gasteiger partial charge in [0.25, 0.3) is 0 Å². The summed E-state index contributed by atoms with van der Waals surface area (Å²) in [4.78, 5) is 12.7. The van der Waals surface area contributed by atoms with Gasteiger partial charge < -0.3 is 9.84 Å². The number of fused-ring (bicyclic) bond motifs is 1. The first-order valence-corrected chi connectivity index (χ1v) is 6.83. The third-order valence-corrected chi connectivity index (χ3v) is 3.59. The molecule has 21 heavy (non-hydrogen) atoms. The maximum atomic E-state index is 5.42. The largest absolute Gasteiger partial charge is 0.337 e. The standard InChI is InChI=1S/C15H13N5O/c1-2-4-11-10(3-1)5-6-18-13(11)15-19-14(20-21-15)12-9-16-7-8-17-12/h1-4,7-9,13,18H,5-6H2. The maximum absolute atomic E-state index is 5.42. The van der Waals surface area contributed by atoms with Crippen LogP contribution in [0.4, 0.5) is 0 Å². The number of benzene rings is 1.